The number of nitrogens with zero attached hydrogens (tertiary/aromatic N) is 2. The van der Waals surface area contributed by atoms with Crippen molar-refractivity contribution in [3.8, 4) is 0 Å². The second-order valence-electron chi connectivity index (χ2n) is 5.78. The Balaban J connectivity index is 1.89. The molecule has 2 atom stereocenters. The number of aromatic nitrogens is 1. The van der Waals surface area contributed by atoms with Crippen LogP contribution in [0.4, 0.5) is 5.82 Å². The molecule has 3 nitrogen and oxygen atoms in total. The van der Waals surface area contributed by atoms with Gasteiger partial charge in [0.05, 0.1) is 0 Å². The van der Waals surface area contributed by atoms with E-state index in [-0.39, 0.29) is 0 Å². The smallest absolute Gasteiger partial charge is 0.131 e. The maximum absolute atomic E-state index is 5.68. The van der Waals surface area contributed by atoms with E-state index < -0.39 is 0 Å². The van der Waals surface area contributed by atoms with Crippen molar-refractivity contribution in [3.63, 3.8) is 0 Å². The summed E-state index contributed by atoms with van der Waals surface area (Å²) in [4.78, 5) is 7.25. The molecule has 0 aromatic carbocycles. The Morgan fingerprint density at radius 1 is 1.33 bits per heavy atom. The van der Waals surface area contributed by atoms with Gasteiger partial charge in [0.15, 0.2) is 0 Å². The largest absolute Gasteiger partial charge is 0.353 e. The molecule has 3 rings (SSSR count). The van der Waals surface area contributed by atoms with Gasteiger partial charge in [0.25, 0.3) is 0 Å². The summed E-state index contributed by atoms with van der Waals surface area (Å²) in [5.41, 5.74) is 8.10. The van der Waals surface area contributed by atoms with Crippen molar-refractivity contribution in [1.29, 1.82) is 0 Å². The van der Waals surface area contributed by atoms with Gasteiger partial charge < -0.3 is 10.6 Å². The van der Waals surface area contributed by atoms with E-state index in [1.54, 1.807) is 0 Å². The van der Waals surface area contributed by atoms with Gasteiger partial charge in [-0.2, -0.15) is 0 Å². The second-order valence-corrected chi connectivity index (χ2v) is 5.78. The minimum atomic E-state index is 0.584. The Kier molecular flexibility index (Phi) is 3.25. The van der Waals surface area contributed by atoms with Crippen LogP contribution in [-0.2, 0) is 6.54 Å². The van der Waals surface area contributed by atoms with Gasteiger partial charge in [-0.15, -0.1) is 0 Å². The lowest BCUT2D eigenvalue weighted by Gasteiger charge is -2.39. The molecule has 0 radical (unpaired) electrons. The molecule has 1 aliphatic carbocycles. The molecule has 1 saturated carbocycles. The van der Waals surface area contributed by atoms with Crippen LogP contribution in [0, 0.1) is 12.8 Å². The Hall–Kier alpha value is -1.09. The van der Waals surface area contributed by atoms with Crippen LogP contribution in [0.5, 0.6) is 0 Å². The van der Waals surface area contributed by atoms with Gasteiger partial charge in [0.2, 0.25) is 0 Å². The van der Waals surface area contributed by atoms with Gasteiger partial charge in [-0.05, 0) is 55.7 Å². The normalized spacial score (nSPS) is 27.3. The molecule has 1 aromatic rings. The van der Waals surface area contributed by atoms with E-state index in [0.717, 1.165) is 17.5 Å². The lowest BCUT2D eigenvalue weighted by molar-refractivity contribution is 0.360. The van der Waals surface area contributed by atoms with Gasteiger partial charge in [-0.3, -0.25) is 0 Å². The summed E-state index contributed by atoms with van der Waals surface area (Å²) in [7, 11) is 0. The molecule has 2 heterocycles. The lowest BCUT2D eigenvalue weighted by atomic mass is 9.91. The molecule has 1 aliphatic heterocycles. The number of rotatable bonds is 2. The van der Waals surface area contributed by atoms with Gasteiger partial charge in [0, 0.05) is 25.3 Å². The van der Waals surface area contributed by atoms with E-state index in [4.69, 9.17) is 5.73 Å². The molecule has 0 amide bonds. The van der Waals surface area contributed by atoms with Crippen molar-refractivity contribution >= 4 is 5.82 Å². The summed E-state index contributed by atoms with van der Waals surface area (Å²) in [6.45, 7) is 3.93. The highest BCUT2D eigenvalue weighted by Crippen LogP contribution is 2.39. The fourth-order valence-corrected chi connectivity index (χ4v) is 3.76. The van der Waals surface area contributed by atoms with Crippen LogP contribution >= 0.6 is 0 Å². The predicted molar refractivity (Wildman–Crippen MR) is 74.6 cm³/mol. The standard InChI is InChI=1S/C15H23N3/c1-11-8-12(9-16)10-17-15(11)18-7-3-5-13-4-2-6-14(13)18/h8,10,13-14H,2-7,9,16H2,1H3. The molecule has 3 heteroatoms. The van der Waals surface area contributed by atoms with Crippen molar-refractivity contribution in [2.24, 2.45) is 11.7 Å². The first-order valence-corrected chi connectivity index (χ1v) is 7.22. The van der Waals surface area contributed by atoms with E-state index in [1.807, 2.05) is 6.20 Å². The number of pyridine rings is 1. The first kappa shape index (κ1) is 12.0. The summed E-state index contributed by atoms with van der Waals surface area (Å²) >= 11 is 0. The summed E-state index contributed by atoms with van der Waals surface area (Å²) in [5, 5.41) is 0. The van der Waals surface area contributed by atoms with Crippen LogP contribution in [0.2, 0.25) is 0 Å². The van der Waals surface area contributed by atoms with Crippen molar-refractivity contribution in [1.82, 2.24) is 4.98 Å². The third-order valence-electron chi connectivity index (χ3n) is 4.61. The average Bonchev–Trinajstić information content (AvgIpc) is 2.87. The first-order chi connectivity index (χ1) is 8.79. The Morgan fingerprint density at radius 2 is 2.17 bits per heavy atom. The van der Waals surface area contributed by atoms with Crippen LogP contribution < -0.4 is 10.6 Å². The summed E-state index contributed by atoms with van der Waals surface area (Å²) < 4.78 is 0. The van der Waals surface area contributed by atoms with Crippen LogP contribution in [0.15, 0.2) is 12.3 Å². The Labute approximate surface area is 109 Å². The second kappa shape index (κ2) is 4.88. The van der Waals surface area contributed by atoms with Crippen LogP contribution in [0.1, 0.15) is 43.2 Å². The van der Waals surface area contributed by atoms with Crippen LogP contribution in [-0.4, -0.2) is 17.6 Å². The van der Waals surface area contributed by atoms with Gasteiger partial charge in [-0.1, -0.05) is 6.42 Å². The zero-order chi connectivity index (χ0) is 12.5. The number of hydrogen-bond acceptors (Lipinski definition) is 3. The molecule has 2 unspecified atom stereocenters. The SMILES string of the molecule is Cc1cc(CN)cnc1N1CCCC2CCCC21. The Bertz CT molecular complexity index is 430. The van der Waals surface area contributed by atoms with Gasteiger partial charge in [0.1, 0.15) is 5.82 Å². The molecule has 1 aromatic heterocycles. The number of nitrogens with two attached hydrogens (primary N) is 1. The summed E-state index contributed by atoms with van der Waals surface area (Å²) in [6, 6.07) is 2.94. The molecular formula is C15H23N3. The number of aryl methyl sites for hydroxylation is 1. The fraction of sp³-hybridized carbons (Fsp3) is 0.667. The van der Waals surface area contributed by atoms with Crippen molar-refractivity contribution in [3.05, 3.63) is 23.4 Å². The van der Waals surface area contributed by atoms with E-state index in [1.165, 1.54) is 50.0 Å². The van der Waals surface area contributed by atoms with Gasteiger partial charge in [-0.25, -0.2) is 4.98 Å². The molecule has 2 aliphatic rings. The highest BCUT2D eigenvalue weighted by Gasteiger charge is 2.35. The quantitative estimate of drug-likeness (QED) is 0.871. The summed E-state index contributed by atoms with van der Waals surface area (Å²) in [6.07, 6.45) is 8.85. The fourth-order valence-electron chi connectivity index (χ4n) is 3.76. The average molecular weight is 245 g/mol. The molecule has 18 heavy (non-hydrogen) atoms. The number of piperidine rings is 1. The van der Waals surface area contributed by atoms with E-state index >= 15 is 0 Å². The predicted octanol–water partition coefficient (Wildman–Crippen LogP) is 2.62. The zero-order valence-corrected chi connectivity index (χ0v) is 11.2. The highest BCUT2D eigenvalue weighted by atomic mass is 15.2. The summed E-state index contributed by atoms with van der Waals surface area (Å²) in [5.74, 6) is 2.11. The molecule has 98 valence electrons. The first-order valence-electron chi connectivity index (χ1n) is 7.22. The highest BCUT2D eigenvalue weighted by molar-refractivity contribution is 5.49. The maximum Gasteiger partial charge on any atom is 0.131 e. The van der Waals surface area contributed by atoms with E-state index in [2.05, 4.69) is 22.9 Å². The van der Waals surface area contributed by atoms with Crippen LogP contribution in [0.3, 0.4) is 0 Å². The number of anilines is 1. The maximum atomic E-state index is 5.68. The van der Waals surface area contributed by atoms with E-state index in [0.29, 0.717) is 6.54 Å². The molecule has 2 fully saturated rings. The molecule has 1 saturated heterocycles. The van der Waals surface area contributed by atoms with E-state index in [9.17, 15) is 0 Å². The molecule has 0 spiro atoms. The lowest BCUT2D eigenvalue weighted by Crippen LogP contribution is -2.43. The van der Waals surface area contributed by atoms with Crippen molar-refractivity contribution in [2.75, 3.05) is 11.4 Å². The topological polar surface area (TPSA) is 42.1 Å². The minimum Gasteiger partial charge on any atom is -0.353 e. The number of hydrogen-bond donors (Lipinski definition) is 1. The molecule has 2 N–H and O–H groups in total. The Morgan fingerprint density at radius 3 is 2.94 bits per heavy atom. The third-order valence-corrected chi connectivity index (χ3v) is 4.61. The monoisotopic (exact) mass is 245 g/mol. The third kappa shape index (κ3) is 2.01. The minimum absolute atomic E-state index is 0.584. The molecular weight excluding hydrogens is 222 g/mol. The van der Waals surface area contributed by atoms with Crippen molar-refractivity contribution < 1.29 is 0 Å². The zero-order valence-electron chi connectivity index (χ0n) is 11.2. The number of fused-ring (bicyclic) bond motifs is 1. The van der Waals surface area contributed by atoms with Gasteiger partial charge >= 0.3 is 0 Å². The van der Waals surface area contributed by atoms with Crippen molar-refractivity contribution in [2.45, 2.75) is 51.6 Å². The molecule has 0 bridgehead atoms. The van der Waals surface area contributed by atoms with Crippen LogP contribution in [0.25, 0.3) is 0 Å².